The van der Waals surface area contributed by atoms with Gasteiger partial charge in [-0.15, -0.1) is 0 Å². The van der Waals surface area contributed by atoms with Crippen LogP contribution in [0.4, 0.5) is 4.39 Å². The number of benzene rings is 1. The van der Waals surface area contributed by atoms with Gasteiger partial charge in [-0.1, -0.05) is 28.8 Å². The minimum atomic E-state index is -0.971. The van der Waals surface area contributed by atoms with Crippen molar-refractivity contribution < 1.29 is 9.50 Å². The molecule has 1 aromatic rings. The van der Waals surface area contributed by atoms with Gasteiger partial charge < -0.3 is 5.11 Å². The highest BCUT2D eigenvalue weighted by atomic mass is 79.9. The van der Waals surface area contributed by atoms with Crippen molar-refractivity contribution in [2.75, 3.05) is 0 Å². The molecule has 2 aliphatic carbocycles. The maximum atomic E-state index is 14.0. The Morgan fingerprint density at radius 1 is 1.00 bits per heavy atom. The van der Waals surface area contributed by atoms with E-state index in [4.69, 9.17) is 0 Å². The van der Waals surface area contributed by atoms with Crippen molar-refractivity contribution in [1.29, 1.82) is 0 Å². The number of halogens is 2. The molecule has 0 heterocycles. The van der Waals surface area contributed by atoms with E-state index in [2.05, 4.69) is 15.9 Å². The zero-order chi connectivity index (χ0) is 13.5. The summed E-state index contributed by atoms with van der Waals surface area (Å²) in [6, 6.07) is 4.86. The number of rotatable bonds is 1. The lowest BCUT2D eigenvalue weighted by atomic mass is 9.66. The molecule has 0 aromatic heterocycles. The zero-order valence-electron chi connectivity index (χ0n) is 11.1. The number of hydrogen-bond donors (Lipinski definition) is 1. The van der Waals surface area contributed by atoms with Gasteiger partial charge in [-0.25, -0.2) is 4.39 Å². The molecule has 2 aliphatic rings. The van der Waals surface area contributed by atoms with Crippen LogP contribution in [0.3, 0.4) is 0 Å². The molecule has 0 amide bonds. The van der Waals surface area contributed by atoms with E-state index in [9.17, 15) is 9.50 Å². The van der Waals surface area contributed by atoms with E-state index in [0.717, 1.165) is 17.3 Å². The summed E-state index contributed by atoms with van der Waals surface area (Å²) in [4.78, 5) is 0. The summed E-state index contributed by atoms with van der Waals surface area (Å²) < 4.78 is 14.8. The van der Waals surface area contributed by atoms with Crippen molar-refractivity contribution in [2.24, 2.45) is 5.41 Å². The molecule has 1 N–H and O–H groups in total. The summed E-state index contributed by atoms with van der Waals surface area (Å²) in [5.74, 6) is -0.284. The molecule has 2 fully saturated rings. The Morgan fingerprint density at radius 2 is 1.63 bits per heavy atom. The van der Waals surface area contributed by atoms with E-state index in [-0.39, 0.29) is 5.82 Å². The van der Waals surface area contributed by atoms with Crippen LogP contribution < -0.4 is 0 Å². The van der Waals surface area contributed by atoms with E-state index in [1.807, 2.05) is 0 Å². The molecule has 1 aromatic carbocycles. The molecule has 3 heteroatoms. The third-order valence-corrected chi connectivity index (χ3v) is 5.73. The third-order valence-electron chi connectivity index (χ3n) is 5.23. The fraction of sp³-hybridized carbons (Fsp3) is 0.625. The molecule has 0 bridgehead atoms. The standard InChI is InChI=1S/C16H20BrFO/c17-12-3-4-14(18)13(11-12)16(19)9-7-15(8-10-16)5-1-2-6-15/h3-4,11,19H,1-2,5-10H2. The van der Waals surface area contributed by atoms with Crippen LogP contribution in [0.1, 0.15) is 56.9 Å². The molecule has 1 spiro atoms. The van der Waals surface area contributed by atoms with Crippen LogP contribution in [0.15, 0.2) is 22.7 Å². The predicted molar refractivity (Wildman–Crippen MR) is 77.4 cm³/mol. The smallest absolute Gasteiger partial charge is 0.129 e. The monoisotopic (exact) mass is 326 g/mol. The lowest BCUT2D eigenvalue weighted by Crippen LogP contribution is -2.36. The fourth-order valence-corrected chi connectivity index (χ4v) is 4.30. The second-order valence-electron chi connectivity index (χ2n) is 6.36. The average molecular weight is 327 g/mol. The fourth-order valence-electron chi connectivity index (χ4n) is 3.94. The Kier molecular flexibility index (Phi) is 3.46. The summed E-state index contributed by atoms with van der Waals surface area (Å²) in [7, 11) is 0. The van der Waals surface area contributed by atoms with Gasteiger partial charge in [-0.3, -0.25) is 0 Å². The van der Waals surface area contributed by atoms with Gasteiger partial charge in [0.15, 0.2) is 0 Å². The van der Waals surface area contributed by atoms with Gasteiger partial charge in [-0.2, -0.15) is 0 Å². The number of hydrogen-bond acceptors (Lipinski definition) is 1. The summed E-state index contributed by atoms with van der Waals surface area (Å²) >= 11 is 3.37. The molecule has 2 saturated carbocycles. The second kappa shape index (κ2) is 4.85. The largest absolute Gasteiger partial charge is 0.385 e. The first kappa shape index (κ1) is 13.6. The Labute approximate surface area is 122 Å². The molecule has 3 rings (SSSR count). The SMILES string of the molecule is OC1(c2cc(Br)ccc2F)CCC2(CCCC2)CC1. The van der Waals surface area contributed by atoms with Crippen LogP contribution in [0.5, 0.6) is 0 Å². The Morgan fingerprint density at radius 3 is 2.26 bits per heavy atom. The summed E-state index contributed by atoms with van der Waals surface area (Å²) in [5, 5.41) is 10.8. The summed E-state index contributed by atoms with van der Waals surface area (Å²) in [6.07, 6.45) is 8.70. The lowest BCUT2D eigenvalue weighted by molar-refractivity contribution is -0.0400. The van der Waals surface area contributed by atoms with Crippen LogP contribution in [0.25, 0.3) is 0 Å². The normalized spacial score (nSPS) is 24.8. The van der Waals surface area contributed by atoms with Gasteiger partial charge in [0.25, 0.3) is 0 Å². The minimum Gasteiger partial charge on any atom is -0.385 e. The van der Waals surface area contributed by atoms with Gasteiger partial charge in [0.2, 0.25) is 0 Å². The topological polar surface area (TPSA) is 20.2 Å². The van der Waals surface area contributed by atoms with Crippen LogP contribution >= 0.6 is 15.9 Å². The predicted octanol–water partition coefficient (Wildman–Crippen LogP) is 4.91. The van der Waals surface area contributed by atoms with Gasteiger partial charge in [0.05, 0.1) is 5.60 Å². The Balaban J connectivity index is 1.83. The van der Waals surface area contributed by atoms with Crippen LogP contribution in [-0.2, 0) is 5.60 Å². The molecular weight excluding hydrogens is 307 g/mol. The molecule has 0 aliphatic heterocycles. The van der Waals surface area contributed by atoms with Crippen molar-refractivity contribution in [3.63, 3.8) is 0 Å². The first-order chi connectivity index (χ1) is 9.03. The lowest BCUT2D eigenvalue weighted by Gasteiger charge is -2.42. The third kappa shape index (κ3) is 2.47. The highest BCUT2D eigenvalue weighted by molar-refractivity contribution is 9.10. The zero-order valence-corrected chi connectivity index (χ0v) is 12.7. The molecule has 104 valence electrons. The van der Waals surface area contributed by atoms with Crippen molar-refractivity contribution in [2.45, 2.75) is 57.0 Å². The quantitative estimate of drug-likeness (QED) is 0.777. The summed E-state index contributed by atoms with van der Waals surface area (Å²) in [5.41, 5.74) is -0.0501. The van der Waals surface area contributed by atoms with E-state index in [0.29, 0.717) is 23.8 Å². The van der Waals surface area contributed by atoms with Crippen LogP contribution in [-0.4, -0.2) is 5.11 Å². The van der Waals surface area contributed by atoms with E-state index >= 15 is 0 Å². The van der Waals surface area contributed by atoms with Gasteiger partial charge >= 0.3 is 0 Å². The van der Waals surface area contributed by atoms with Gasteiger partial charge in [0, 0.05) is 10.0 Å². The minimum absolute atomic E-state index is 0.284. The first-order valence-corrected chi connectivity index (χ1v) is 8.00. The second-order valence-corrected chi connectivity index (χ2v) is 7.28. The van der Waals surface area contributed by atoms with E-state index in [1.54, 1.807) is 12.1 Å². The molecule has 0 saturated heterocycles. The molecule has 0 unspecified atom stereocenters. The van der Waals surface area contributed by atoms with Gasteiger partial charge in [-0.05, 0) is 62.1 Å². The Hall–Kier alpha value is -0.410. The maximum Gasteiger partial charge on any atom is 0.129 e. The van der Waals surface area contributed by atoms with E-state index < -0.39 is 5.60 Å². The first-order valence-electron chi connectivity index (χ1n) is 7.21. The molecule has 1 nitrogen and oxygen atoms in total. The molecular formula is C16H20BrFO. The van der Waals surface area contributed by atoms with Crippen molar-refractivity contribution in [3.8, 4) is 0 Å². The summed E-state index contributed by atoms with van der Waals surface area (Å²) in [6.45, 7) is 0. The molecule has 0 radical (unpaired) electrons. The Bertz CT molecular complexity index is 470. The molecule has 0 atom stereocenters. The van der Waals surface area contributed by atoms with Crippen LogP contribution in [0, 0.1) is 11.2 Å². The van der Waals surface area contributed by atoms with E-state index in [1.165, 1.54) is 31.7 Å². The molecule has 19 heavy (non-hydrogen) atoms. The highest BCUT2D eigenvalue weighted by Gasteiger charge is 2.44. The highest BCUT2D eigenvalue weighted by Crippen LogP contribution is 2.53. The van der Waals surface area contributed by atoms with Gasteiger partial charge in [0.1, 0.15) is 5.82 Å². The van der Waals surface area contributed by atoms with Crippen LogP contribution in [0.2, 0.25) is 0 Å². The average Bonchev–Trinajstić information content (AvgIpc) is 2.85. The van der Waals surface area contributed by atoms with Crippen molar-refractivity contribution in [3.05, 3.63) is 34.1 Å². The number of aliphatic hydroxyl groups is 1. The maximum absolute atomic E-state index is 14.0. The van der Waals surface area contributed by atoms with Crippen molar-refractivity contribution in [1.82, 2.24) is 0 Å². The van der Waals surface area contributed by atoms with Crippen molar-refractivity contribution >= 4 is 15.9 Å².